The fourth-order valence-electron chi connectivity index (χ4n) is 4.04. The monoisotopic (exact) mass is 577 g/mol. The lowest BCUT2D eigenvalue weighted by Crippen LogP contribution is -2.22. The van der Waals surface area contributed by atoms with Crippen LogP contribution in [0, 0.1) is 0 Å². The Morgan fingerprint density at radius 2 is 1.85 bits per heavy atom. The second-order valence-corrected chi connectivity index (χ2v) is 16.8. The van der Waals surface area contributed by atoms with E-state index in [2.05, 4.69) is 52.7 Å². The molecule has 0 N–H and O–H groups in total. The summed E-state index contributed by atoms with van der Waals surface area (Å²) >= 11 is 16.5. The van der Waals surface area contributed by atoms with Crippen molar-refractivity contribution in [3.8, 4) is 22.9 Å². The summed E-state index contributed by atoms with van der Waals surface area (Å²) in [4.78, 5) is 16.0. The van der Waals surface area contributed by atoms with E-state index in [1.807, 2.05) is 24.3 Å². The lowest BCUT2D eigenvalue weighted by Gasteiger charge is -2.19. The first-order chi connectivity index (χ1) is 16.2. The number of pyridine rings is 1. The normalized spacial score (nSPS) is 15.2. The lowest BCUT2D eigenvalue weighted by molar-refractivity contribution is 0.111. The van der Waals surface area contributed by atoms with Crippen molar-refractivity contribution >= 4 is 53.5 Å². The molecule has 0 bridgehead atoms. The molecule has 4 nitrogen and oxygen atoms in total. The largest absolute Gasteiger partial charge is 0.477 e. The molecule has 0 saturated carbocycles. The van der Waals surface area contributed by atoms with Crippen molar-refractivity contribution in [2.24, 2.45) is 0 Å². The smallest absolute Gasteiger partial charge is 0.236 e. The number of carbonyl (C=O) groups excluding carboxylic acids is 1. The van der Waals surface area contributed by atoms with Gasteiger partial charge in [0.15, 0.2) is 6.29 Å². The second-order valence-electron chi connectivity index (χ2n) is 9.57. The molecule has 34 heavy (non-hydrogen) atoms. The topological polar surface area (TPSA) is 48.4 Å². The number of ether oxygens (including phenoxy) is 2. The summed E-state index contributed by atoms with van der Waals surface area (Å²) in [5.41, 5.74) is 4.71. The summed E-state index contributed by atoms with van der Waals surface area (Å²) in [6.07, 6.45) is 2.15. The molecule has 0 aliphatic heterocycles. The van der Waals surface area contributed by atoms with Crippen LogP contribution in [-0.4, -0.2) is 26.0 Å². The van der Waals surface area contributed by atoms with Crippen molar-refractivity contribution in [1.29, 1.82) is 0 Å². The predicted molar refractivity (Wildman–Crippen MR) is 145 cm³/mol. The van der Waals surface area contributed by atoms with Crippen LogP contribution in [-0.2, 0) is 6.42 Å². The number of hydrogen-bond acceptors (Lipinski definition) is 4. The van der Waals surface area contributed by atoms with Crippen molar-refractivity contribution in [2.45, 2.75) is 44.6 Å². The minimum absolute atomic E-state index is 0.206. The van der Waals surface area contributed by atoms with Gasteiger partial charge in [0, 0.05) is 18.1 Å². The van der Waals surface area contributed by atoms with Crippen LogP contribution in [0.4, 0.5) is 0 Å². The van der Waals surface area contributed by atoms with Crippen LogP contribution >= 0.6 is 39.1 Å². The van der Waals surface area contributed by atoms with E-state index in [1.165, 1.54) is 5.56 Å². The average Bonchev–Trinajstić information content (AvgIpc) is 3.20. The van der Waals surface area contributed by atoms with Gasteiger partial charge < -0.3 is 9.47 Å². The summed E-state index contributed by atoms with van der Waals surface area (Å²) < 4.78 is 13.0. The van der Waals surface area contributed by atoms with Crippen molar-refractivity contribution in [1.82, 2.24) is 4.98 Å². The number of nitrogens with zero attached hydrogens (tertiary/aromatic N) is 1. The Hall–Kier alpha value is -1.86. The van der Waals surface area contributed by atoms with Gasteiger partial charge in [0.2, 0.25) is 11.8 Å². The molecule has 4 rings (SSSR count). The fraction of sp³-hybridized carbons (Fsp3) is 0.308. The molecule has 0 radical (unpaired) electrons. The molecule has 0 fully saturated rings. The van der Waals surface area contributed by atoms with Crippen LogP contribution in [0.25, 0.3) is 11.1 Å². The molecular weight excluding hydrogens is 553 g/mol. The Bertz CT molecular complexity index is 1230. The standard InChI is InChI=1S/C26H26BrCl2NO3Si/c1-34(2,3)13-12-32-25-16(15-31)14-22(28)26(30-25)33-23-11-10-18-17(6-4-7-19(18)23)20-8-5-9-21(27)24(20)29/h4-9,14-15,23H,10-13H2,1-3H3. The molecule has 0 spiro atoms. The highest BCUT2D eigenvalue weighted by molar-refractivity contribution is 9.10. The summed E-state index contributed by atoms with van der Waals surface area (Å²) in [7, 11) is -1.28. The van der Waals surface area contributed by atoms with E-state index >= 15 is 0 Å². The van der Waals surface area contributed by atoms with E-state index in [0.29, 0.717) is 28.5 Å². The molecule has 1 aliphatic rings. The highest BCUT2D eigenvalue weighted by atomic mass is 79.9. The van der Waals surface area contributed by atoms with Crippen molar-refractivity contribution in [3.05, 3.63) is 73.7 Å². The third kappa shape index (κ3) is 5.51. The molecule has 3 aromatic rings. The molecular formula is C26H26BrCl2NO3Si. The van der Waals surface area contributed by atoms with Crippen molar-refractivity contribution < 1.29 is 14.3 Å². The van der Waals surface area contributed by atoms with Gasteiger partial charge in [0.25, 0.3) is 0 Å². The maximum Gasteiger partial charge on any atom is 0.236 e. The van der Waals surface area contributed by atoms with E-state index < -0.39 is 8.07 Å². The number of aromatic nitrogens is 1. The van der Waals surface area contributed by atoms with E-state index in [9.17, 15) is 4.79 Å². The van der Waals surface area contributed by atoms with E-state index in [-0.39, 0.29) is 17.9 Å². The van der Waals surface area contributed by atoms with Crippen LogP contribution in [0.15, 0.2) is 46.9 Å². The van der Waals surface area contributed by atoms with Crippen LogP contribution in [0.5, 0.6) is 11.8 Å². The minimum Gasteiger partial charge on any atom is -0.477 e. The van der Waals surface area contributed by atoms with Crippen LogP contribution in [0.3, 0.4) is 0 Å². The Kier molecular flexibility index (Phi) is 7.72. The maximum absolute atomic E-state index is 11.6. The third-order valence-electron chi connectivity index (χ3n) is 5.87. The fourth-order valence-corrected chi connectivity index (χ4v) is 5.56. The number of hydrogen-bond donors (Lipinski definition) is 0. The molecule has 178 valence electrons. The molecule has 1 aromatic heterocycles. The van der Waals surface area contributed by atoms with E-state index in [0.717, 1.165) is 40.0 Å². The highest BCUT2D eigenvalue weighted by Crippen LogP contribution is 2.43. The minimum atomic E-state index is -1.28. The average molecular weight is 579 g/mol. The van der Waals surface area contributed by atoms with Crippen LogP contribution in [0.2, 0.25) is 35.7 Å². The van der Waals surface area contributed by atoms with Gasteiger partial charge in [-0.15, -0.1) is 0 Å². The van der Waals surface area contributed by atoms with E-state index in [4.69, 9.17) is 32.7 Å². The van der Waals surface area contributed by atoms with Gasteiger partial charge in [0.1, 0.15) is 11.1 Å². The van der Waals surface area contributed by atoms with Gasteiger partial charge in [-0.2, -0.15) is 4.98 Å². The van der Waals surface area contributed by atoms with Gasteiger partial charge >= 0.3 is 0 Å². The molecule has 8 heteroatoms. The quantitative estimate of drug-likeness (QED) is 0.199. The Balaban J connectivity index is 1.61. The third-order valence-corrected chi connectivity index (χ3v) is 9.14. The zero-order chi connectivity index (χ0) is 24.5. The SMILES string of the molecule is C[Si](C)(C)CCOc1nc(OC2CCc3c(-c4cccc(Br)c4Cl)cccc32)c(Cl)cc1C=O. The molecule has 0 amide bonds. The number of rotatable bonds is 8. The number of fused-ring (bicyclic) bond motifs is 1. The highest BCUT2D eigenvalue weighted by Gasteiger charge is 2.29. The van der Waals surface area contributed by atoms with Crippen LogP contribution in [0.1, 0.15) is 34.0 Å². The zero-order valence-corrected chi connectivity index (χ0v) is 23.4. The Labute approximate surface area is 219 Å². The Morgan fingerprint density at radius 3 is 2.59 bits per heavy atom. The van der Waals surface area contributed by atoms with E-state index in [1.54, 1.807) is 6.07 Å². The first kappa shape index (κ1) is 25.2. The summed E-state index contributed by atoms with van der Waals surface area (Å²) in [6.45, 7) is 7.32. The van der Waals surface area contributed by atoms with Crippen molar-refractivity contribution in [2.75, 3.05) is 6.61 Å². The number of benzene rings is 2. The van der Waals surface area contributed by atoms with Crippen molar-refractivity contribution in [3.63, 3.8) is 0 Å². The Morgan fingerprint density at radius 1 is 1.12 bits per heavy atom. The first-order valence-corrected chi connectivity index (χ1v) is 16.4. The number of carbonyl (C=O) groups is 1. The molecule has 1 aliphatic carbocycles. The molecule has 1 unspecified atom stereocenters. The van der Waals surface area contributed by atoms with Gasteiger partial charge in [0.05, 0.1) is 17.2 Å². The maximum atomic E-state index is 11.6. The van der Waals surface area contributed by atoms with Crippen LogP contribution < -0.4 is 9.47 Å². The molecule has 0 saturated heterocycles. The number of halogens is 3. The van der Waals surface area contributed by atoms with Gasteiger partial charge in [-0.3, -0.25) is 4.79 Å². The summed E-state index contributed by atoms with van der Waals surface area (Å²) in [6, 6.07) is 14.6. The predicted octanol–water partition coefficient (Wildman–Crippen LogP) is 8.41. The summed E-state index contributed by atoms with van der Waals surface area (Å²) in [5, 5.41) is 0.980. The van der Waals surface area contributed by atoms with Gasteiger partial charge in [-0.25, -0.2) is 0 Å². The number of aldehydes is 1. The first-order valence-electron chi connectivity index (χ1n) is 11.2. The van der Waals surface area contributed by atoms with Gasteiger partial charge in [-0.1, -0.05) is 73.2 Å². The second kappa shape index (κ2) is 10.4. The summed E-state index contributed by atoms with van der Waals surface area (Å²) in [5.74, 6) is 0.541. The lowest BCUT2D eigenvalue weighted by atomic mass is 9.96. The molecule has 1 heterocycles. The zero-order valence-electron chi connectivity index (χ0n) is 19.3. The molecule has 2 aromatic carbocycles. The molecule has 1 atom stereocenters. The van der Waals surface area contributed by atoms with Gasteiger partial charge in [-0.05, 0) is 63.6 Å².